The van der Waals surface area contributed by atoms with E-state index < -0.39 is 0 Å². The molecule has 0 saturated carbocycles. The zero-order chi connectivity index (χ0) is 20.4. The second-order valence-corrected chi connectivity index (χ2v) is 9.49. The number of piperidine rings is 1. The molecule has 0 radical (unpaired) electrons. The molecule has 0 bridgehead atoms. The van der Waals surface area contributed by atoms with Crippen molar-refractivity contribution in [3.63, 3.8) is 0 Å². The average Bonchev–Trinajstić information content (AvgIpc) is 3.35. The largest absolute Gasteiger partial charge is 0.354 e. The quantitative estimate of drug-likeness (QED) is 0.800. The number of fused-ring (bicyclic) bond motifs is 1. The summed E-state index contributed by atoms with van der Waals surface area (Å²) in [6.45, 7) is 7.51. The number of carbonyl (C=O) groups is 1. The lowest BCUT2D eigenvalue weighted by Gasteiger charge is -2.46. The Bertz CT molecular complexity index is 683. The Morgan fingerprint density at radius 3 is 2.55 bits per heavy atom. The summed E-state index contributed by atoms with van der Waals surface area (Å²) in [5.74, 6) is 0.400. The highest BCUT2D eigenvalue weighted by Crippen LogP contribution is 2.45. The minimum atomic E-state index is 0.0914. The number of nitrogens with zero attached hydrogens (tertiary/aromatic N) is 3. The van der Waals surface area contributed by atoms with Gasteiger partial charge < -0.3 is 15.1 Å². The SMILES string of the molecule is CCN1CCC(CNC(=O)[C@@H]2C[C@H](c3ccccc3)N3CCC[C@@H]23)(N(C)C)CC1. The van der Waals surface area contributed by atoms with Gasteiger partial charge in [0.1, 0.15) is 0 Å². The van der Waals surface area contributed by atoms with E-state index in [-0.39, 0.29) is 17.4 Å². The Morgan fingerprint density at radius 1 is 1.17 bits per heavy atom. The number of likely N-dealkylation sites (N-methyl/N-ethyl adjacent to an activating group) is 1. The topological polar surface area (TPSA) is 38.8 Å². The molecular formula is C24H38N4O. The van der Waals surface area contributed by atoms with Gasteiger partial charge in [-0.2, -0.15) is 0 Å². The zero-order valence-electron chi connectivity index (χ0n) is 18.4. The van der Waals surface area contributed by atoms with Crippen molar-refractivity contribution in [3.8, 4) is 0 Å². The van der Waals surface area contributed by atoms with Crippen LogP contribution in [0.4, 0.5) is 0 Å². The van der Waals surface area contributed by atoms with Crippen LogP contribution in [-0.2, 0) is 4.79 Å². The van der Waals surface area contributed by atoms with Gasteiger partial charge in [0.15, 0.2) is 0 Å². The number of likely N-dealkylation sites (tertiary alicyclic amines) is 1. The molecule has 3 aliphatic rings. The third kappa shape index (κ3) is 4.10. The Hall–Kier alpha value is -1.43. The Kier molecular flexibility index (Phi) is 6.28. The van der Waals surface area contributed by atoms with Crippen molar-refractivity contribution in [3.05, 3.63) is 35.9 Å². The maximum absolute atomic E-state index is 13.3. The van der Waals surface area contributed by atoms with Crippen LogP contribution < -0.4 is 5.32 Å². The molecule has 3 heterocycles. The fraction of sp³-hybridized carbons (Fsp3) is 0.708. The fourth-order valence-corrected chi connectivity index (χ4v) is 5.90. The molecule has 3 aliphatic heterocycles. The van der Waals surface area contributed by atoms with Crippen LogP contribution in [0.2, 0.25) is 0 Å². The highest BCUT2D eigenvalue weighted by Gasteiger charge is 2.47. The molecule has 1 N–H and O–H groups in total. The number of hydrogen-bond donors (Lipinski definition) is 1. The molecular weight excluding hydrogens is 360 g/mol. The van der Waals surface area contributed by atoms with Crippen LogP contribution >= 0.6 is 0 Å². The lowest BCUT2D eigenvalue weighted by atomic mass is 9.85. The fourth-order valence-electron chi connectivity index (χ4n) is 5.90. The van der Waals surface area contributed by atoms with Crippen molar-refractivity contribution in [1.82, 2.24) is 20.0 Å². The molecule has 3 atom stereocenters. The number of nitrogens with one attached hydrogen (secondary N) is 1. The first kappa shape index (κ1) is 20.8. The molecule has 1 amide bonds. The van der Waals surface area contributed by atoms with E-state index in [4.69, 9.17) is 0 Å². The van der Waals surface area contributed by atoms with Gasteiger partial charge in [0.2, 0.25) is 5.91 Å². The van der Waals surface area contributed by atoms with Crippen molar-refractivity contribution in [2.45, 2.75) is 56.7 Å². The molecule has 4 rings (SSSR count). The molecule has 160 valence electrons. The molecule has 3 fully saturated rings. The van der Waals surface area contributed by atoms with Crippen molar-refractivity contribution < 1.29 is 4.79 Å². The summed E-state index contributed by atoms with van der Waals surface area (Å²) in [4.78, 5) is 20.8. The van der Waals surface area contributed by atoms with Crippen LogP contribution in [0.3, 0.4) is 0 Å². The molecule has 5 nitrogen and oxygen atoms in total. The first-order valence-electron chi connectivity index (χ1n) is 11.5. The van der Waals surface area contributed by atoms with Gasteiger partial charge in [-0.05, 0) is 77.9 Å². The second-order valence-electron chi connectivity index (χ2n) is 9.49. The van der Waals surface area contributed by atoms with Gasteiger partial charge >= 0.3 is 0 Å². The number of rotatable bonds is 6. The molecule has 1 aromatic rings. The molecule has 0 aliphatic carbocycles. The standard InChI is InChI=1S/C24H38N4O/c1-4-27-15-12-24(13-16-27,26(2)3)18-25-23(29)20-17-22(19-9-6-5-7-10-19)28-14-8-11-21(20)28/h5-7,9-10,20-22H,4,8,11-18H2,1-3H3,(H,25,29)/t20-,21+,22-/m1/s1. The van der Waals surface area contributed by atoms with Gasteiger partial charge in [0.05, 0.1) is 5.92 Å². The minimum Gasteiger partial charge on any atom is -0.354 e. The van der Waals surface area contributed by atoms with Gasteiger partial charge in [0, 0.05) is 24.2 Å². The van der Waals surface area contributed by atoms with Crippen molar-refractivity contribution in [1.29, 1.82) is 0 Å². The molecule has 1 aromatic carbocycles. The van der Waals surface area contributed by atoms with Crippen LogP contribution in [0.5, 0.6) is 0 Å². The normalized spacial score (nSPS) is 29.9. The van der Waals surface area contributed by atoms with E-state index in [2.05, 4.69) is 71.4 Å². The molecule has 5 heteroatoms. The van der Waals surface area contributed by atoms with Crippen LogP contribution in [0.1, 0.15) is 50.6 Å². The third-order valence-electron chi connectivity index (χ3n) is 7.98. The van der Waals surface area contributed by atoms with E-state index in [0.29, 0.717) is 12.1 Å². The van der Waals surface area contributed by atoms with Crippen LogP contribution in [-0.4, -0.2) is 79.0 Å². The molecule has 0 aromatic heterocycles. The summed E-state index contributed by atoms with van der Waals surface area (Å²) < 4.78 is 0. The van der Waals surface area contributed by atoms with E-state index in [1.807, 2.05) is 0 Å². The average molecular weight is 399 g/mol. The summed E-state index contributed by atoms with van der Waals surface area (Å²) in [5.41, 5.74) is 1.46. The first-order valence-corrected chi connectivity index (χ1v) is 11.5. The molecule has 0 spiro atoms. The number of amides is 1. The molecule has 3 saturated heterocycles. The van der Waals surface area contributed by atoms with Crippen molar-refractivity contribution >= 4 is 5.91 Å². The Labute approximate surface area is 176 Å². The first-order chi connectivity index (χ1) is 14.0. The van der Waals surface area contributed by atoms with Crippen molar-refractivity contribution in [2.75, 3.05) is 46.8 Å². The van der Waals surface area contributed by atoms with Gasteiger partial charge in [-0.25, -0.2) is 0 Å². The Balaban J connectivity index is 1.41. The predicted octanol–water partition coefficient (Wildman–Crippen LogP) is 2.74. The second kappa shape index (κ2) is 8.75. The smallest absolute Gasteiger partial charge is 0.224 e. The lowest BCUT2D eigenvalue weighted by molar-refractivity contribution is -0.126. The third-order valence-corrected chi connectivity index (χ3v) is 7.98. The van der Waals surface area contributed by atoms with Gasteiger partial charge in [0.25, 0.3) is 0 Å². The van der Waals surface area contributed by atoms with Crippen molar-refractivity contribution in [2.24, 2.45) is 5.92 Å². The highest BCUT2D eigenvalue weighted by atomic mass is 16.2. The summed E-state index contributed by atoms with van der Waals surface area (Å²) in [5, 5.41) is 3.41. The summed E-state index contributed by atoms with van der Waals surface area (Å²) in [6.07, 6.45) is 5.58. The van der Waals surface area contributed by atoms with Crippen LogP contribution in [0.15, 0.2) is 30.3 Å². The maximum atomic E-state index is 13.3. The van der Waals surface area contributed by atoms with E-state index in [1.165, 1.54) is 12.0 Å². The minimum absolute atomic E-state index is 0.0914. The zero-order valence-corrected chi connectivity index (χ0v) is 18.4. The molecule has 0 unspecified atom stereocenters. The van der Waals surface area contributed by atoms with Crippen LogP contribution in [0.25, 0.3) is 0 Å². The molecule has 29 heavy (non-hydrogen) atoms. The van der Waals surface area contributed by atoms with Crippen LogP contribution in [0, 0.1) is 5.92 Å². The summed E-state index contributed by atoms with van der Waals surface area (Å²) in [6, 6.07) is 11.6. The lowest BCUT2D eigenvalue weighted by Crippen LogP contribution is -2.59. The Morgan fingerprint density at radius 2 is 1.90 bits per heavy atom. The monoisotopic (exact) mass is 398 g/mol. The summed E-state index contributed by atoms with van der Waals surface area (Å²) in [7, 11) is 4.35. The number of benzene rings is 1. The highest BCUT2D eigenvalue weighted by molar-refractivity contribution is 5.80. The van der Waals surface area contributed by atoms with Gasteiger partial charge in [-0.15, -0.1) is 0 Å². The number of hydrogen-bond acceptors (Lipinski definition) is 4. The van der Waals surface area contributed by atoms with E-state index in [1.54, 1.807) is 0 Å². The predicted molar refractivity (Wildman–Crippen MR) is 118 cm³/mol. The number of carbonyl (C=O) groups excluding carboxylic acids is 1. The van der Waals surface area contributed by atoms with Gasteiger partial charge in [-0.1, -0.05) is 37.3 Å². The maximum Gasteiger partial charge on any atom is 0.224 e. The summed E-state index contributed by atoms with van der Waals surface area (Å²) >= 11 is 0. The van der Waals surface area contributed by atoms with E-state index in [9.17, 15) is 4.79 Å². The van der Waals surface area contributed by atoms with E-state index >= 15 is 0 Å². The van der Waals surface area contributed by atoms with Gasteiger partial charge in [-0.3, -0.25) is 9.69 Å². The van der Waals surface area contributed by atoms with E-state index in [0.717, 1.165) is 58.4 Å².